The molecule has 2 heterocycles. The number of carbonyl (C=O) groups is 1. The first-order chi connectivity index (χ1) is 23.2. The summed E-state index contributed by atoms with van der Waals surface area (Å²) in [7, 11) is -4.02. The molecule has 0 amide bonds. The summed E-state index contributed by atoms with van der Waals surface area (Å²) in [5, 5.41) is -0.172. The number of carbonyl (C=O) groups excluding carboxylic acids is 1. The molecule has 2 aliphatic rings. The molecule has 12 heteroatoms. The molecule has 2 unspecified atom stereocenters. The van der Waals surface area contributed by atoms with E-state index >= 15 is 0 Å². The Hall–Kier alpha value is -1.10. The lowest BCUT2D eigenvalue weighted by molar-refractivity contribution is -0.273. The van der Waals surface area contributed by atoms with Crippen molar-refractivity contribution < 1.29 is 41.8 Å². The third kappa shape index (κ3) is 11.2. The van der Waals surface area contributed by atoms with Gasteiger partial charge in [0.2, 0.25) is 0 Å². The summed E-state index contributed by atoms with van der Waals surface area (Å²) in [5.74, 6) is 0.533. The van der Waals surface area contributed by atoms with Gasteiger partial charge in [-0.15, -0.1) is 0 Å². The second-order valence-electron chi connectivity index (χ2n) is 19.2. The van der Waals surface area contributed by atoms with Crippen LogP contribution in [0.5, 0.6) is 5.75 Å². The minimum Gasteiger partial charge on any atom is -0.497 e. The summed E-state index contributed by atoms with van der Waals surface area (Å²) in [5.41, 5.74) is 1.05. The van der Waals surface area contributed by atoms with Crippen molar-refractivity contribution >= 4 is 30.9 Å². The highest BCUT2D eigenvalue weighted by molar-refractivity contribution is 6.75. The second-order valence-corrected chi connectivity index (χ2v) is 33.5. The van der Waals surface area contributed by atoms with Gasteiger partial charge in [-0.3, -0.25) is 4.79 Å². The molecule has 0 radical (unpaired) electrons. The molecule has 3 rings (SSSR count). The van der Waals surface area contributed by atoms with Gasteiger partial charge < -0.3 is 37.0 Å². The van der Waals surface area contributed by atoms with E-state index in [-0.39, 0.29) is 39.7 Å². The van der Waals surface area contributed by atoms with Gasteiger partial charge in [-0.1, -0.05) is 74.4 Å². The SMILES string of the molecule is COC(=O)C[C@H]1CC[C@@H]2O[C@@H]([C@H](COCc3ccc(OC)cc3)O[Si](C)(C)C(C)(C)C)C(O[Si](C)(C)C(C)(C)C)C(O[Si](C)(C)C(C)(C)C)[C@H]2O1. The highest BCUT2D eigenvalue weighted by Crippen LogP contribution is 2.47. The fourth-order valence-corrected chi connectivity index (χ4v) is 9.68. The molecule has 9 nitrogen and oxygen atoms in total. The second kappa shape index (κ2) is 16.7. The van der Waals surface area contributed by atoms with Crippen molar-refractivity contribution in [2.75, 3.05) is 20.8 Å². The van der Waals surface area contributed by atoms with Crippen LogP contribution in [0.25, 0.3) is 0 Å². The number of hydrogen-bond acceptors (Lipinski definition) is 9. The van der Waals surface area contributed by atoms with E-state index in [2.05, 4.69) is 102 Å². The van der Waals surface area contributed by atoms with E-state index in [4.69, 9.17) is 37.0 Å². The van der Waals surface area contributed by atoms with Crippen LogP contribution in [0.3, 0.4) is 0 Å². The fourth-order valence-electron chi connectivity index (χ4n) is 5.77. The van der Waals surface area contributed by atoms with Gasteiger partial charge in [0.1, 0.15) is 30.2 Å². The Morgan fingerprint density at radius 1 is 0.765 bits per heavy atom. The van der Waals surface area contributed by atoms with Crippen LogP contribution < -0.4 is 4.74 Å². The van der Waals surface area contributed by atoms with Crippen LogP contribution in [-0.2, 0) is 43.6 Å². The summed E-state index contributed by atoms with van der Waals surface area (Å²) in [4.78, 5) is 12.4. The Kier molecular flexibility index (Phi) is 14.5. The number of fused-ring (bicyclic) bond motifs is 1. The van der Waals surface area contributed by atoms with Gasteiger partial charge in [0.05, 0.1) is 52.2 Å². The van der Waals surface area contributed by atoms with E-state index in [1.54, 1.807) is 7.11 Å². The van der Waals surface area contributed by atoms with Gasteiger partial charge in [0, 0.05) is 0 Å². The average Bonchev–Trinajstić information content (AvgIpc) is 3.00. The first kappa shape index (κ1) is 44.3. The van der Waals surface area contributed by atoms with Gasteiger partial charge in [-0.25, -0.2) is 0 Å². The number of hydrogen-bond donors (Lipinski definition) is 0. The van der Waals surface area contributed by atoms with E-state index in [9.17, 15) is 4.79 Å². The van der Waals surface area contributed by atoms with E-state index in [0.717, 1.165) is 17.7 Å². The Balaban J connectivity index is 2.15. The molecular weight excluding hydrogens is 697 g/mol. The lowest BCUT2D eigenvalue weighted by Gasteiger charge is -2.56. The van der Waals surface area contributed by atoms with Crippen molar-refractivity contribution in [3.8, 4) is 5.75 Å². The van der Waals surface area contributed by atoms with Gasteiger partial charge in [-0.2, -0.15) is 0 Å². The van der Waals surface area contributed by atoms with Crippen molar-refractivity contribution in [2.45, 2.75) is 185 Å². The van der Waals surface area contributed by atoms with E-state index in [0.29, 0.717) is 19.6 Å². The standard InChI is InChI=1S/C39H72O9Si3/c1-37(2,3)49(12,13)46-31(26-43-25-27-18-20-28(41-10)21-19-27)34-36(48-51(16,17)39(7,8)9)35(47-50(14,15)38(4,5)6)33-30(45-34)23-22-29(44-33)24-32(40)42-11/h18-21,29-31,33-36H,22-26H2,1-17H3/t29-,30+,31+,33+,34+,35?,36?/m1/s1. The highest BCUT2D eigenvalue weighted by Gasteiger charge is 2.58. The monoisotopic (exact) mass is 768 g/mol. The fraction of sp³-hybridized carbons (Fsp3) is 0.821. The minimum atomic E-state index is -2.41. The molecule has 7 atom stereocenters. The molecule has 0 N–H and O–H groups in total. The summed E-state index contributed by atoms with van der Waals surface area (Å²) in [6.45, 7) is 34.8. The zero-order valence-corrected chi connectivity index (χ0v) is 38.1. The number of esters is 1. The van der Waals surface area contributed by atoms with Gasteiger partial charge in [0.15, 0.2) is 25.0 Å². The Bertz CT molecular complexity index is 1260. The largest absolute Gasteiger partial charge is 0.497 e. The Labute approximate surface area is 313 Å². The first-order valence-corrected chi connectivity index (χ1v) is 27.6. The van der Waals surface area contributed by atoms with Crippen LogP contribution in [0.15, 0.2) is 24.3 Å². The molecule has 1 aromatic carbocycles. The normalized spacial score (nSPS) is 26.0. The summed E-state index contributed by atoms with van der Waals surface area (Å²) >= 11 is 0. The molecular formula is C39H72O9Si3. The quantitative estimate of drug-likeness (QED) is 0.136. The molecule has 2 saturated heterocycles. The third-order valence-corrected chi connectivity index (χ3v) is 25.7. The molecule has 0 bridgehead atoms. The molecule has 0 aromatic heterocycles. The summed E-state index contributed by atoms with van der Waals surface area (Å²) < 4.78 is 53.3. The van der Waals surface area contributed by atoms with Crippen molar-refractivity contribution in [3.63, 3.8) is 0 Å². The predicted molar refractivity (Wildman–Crippen MR) is 212 cm³/mol. The van der Waals surface area contributed by atoms with E-state index < -0.39 is 55.5 Å². The van der Waals surface area contributed by atoms with Gasteiger partial charge in [0.25, 0.3) is 0 Å². The molecule has 0 spiro atoms. The Morgan fingerprint density at radius 2 is 1.29 bits per heavy atom. The number of benzene rings is 1. The van der Waals surface area contributed by atoms with Gasteiger partial charge in [-0.05, 0) is 84.9 Å². The maximum Gasteiger partial charge on any atom is 0.308 e. The maximum absolute atomic E-state index is 12.4. The van der Waals surface area contributed by atoms with Crippen molar-refractivity contribution in [3.05, 3.63) is 29.8 Å². The smallest absolute Gasteiger partial charge is 0.308 e. The van der Waals surface area contributed by atoms with Crippen LogP contribution in [0.4, 0.5) is 0 Å². The van der Waals surface area contributed by atoms with Crippen molar-refractivity contribution in [1.82, 2.24) is 0 Å². The lowest BCUT2D eigenvalue weighted by atomic mass is 9.87. The third-order valence-electron chi connectivity index (χ3n) is 12.2. The van der Waals surface area contributed by atoms with Crippen molar-refractivity contribution in [1.29, 1.82) is 0 Å². The van der Waals surface area contributed by atoms with Crippen LogP contribution in [-0.4, -0.2) is 94.5 Å². The summed E-state index contributed by atoms with van der Waals surface area (Å²) in [6, 6.07) is 7.96. The molecule has 0 aliphatic carbocycles. The topological polar surface area (TPSA) is 90.9 Å². The van der Waals surface area contributed by atoms with Gasteiger partial charge >= 0.3 is 5.97 Å². The average molecular weight is 769 g/mol. The molecule has 294 valence electrons. The van der Waals surface area contributed by atoms with Crippen LogP contribution in [0, 0.1) is 0 Å². The first-order valence-electron chi connectivity index (χ1n) is 18.8. The number of ether oxygens (including phenoxy) is 5. The highest BCUT2D eigenvalue weighted by atomic mass is 28.4. The predicted octanol–water partition coefficient (Wildman–Crippen LogP) is 9.26. The van der Waals surface area contributed by atoms with Crippen LogP contribution in [0.1, 0.15) is 87.1 Å². The Morgan fingerprint density at radius 3 is 1.78 bits per heavy atom. The maximum atomic E-state index is 12.4. The van der Waals surface area contributed by atoms with Crippen LogP contribution in [0.2, 0.25) is 54.4 Å². The lowest BCUT2D eigenvalue weighted by Crippen LogP contribution is -2.70. The van der Waals surface area contributed by atoms with Crippen molar-refractivity contribution in [2.24, 2.45) is 0 Å². The molecule has 1 aromatic rings. The van der Waals surface area contributed by atoms with Crippen LogP contribution >= 0.6 is 0 Å². The minimum absolute atomic E-state index is 0.0414. The molecule has 2 aliphatic heterocycles. The number of methoxy groups -OCH3 is 2. The molecule has 2 fully saturated rings. The summed E-state index contributed by atoms with van der Waals surface area (Å²) in [6.07, 6.45) is -1.16. The van der Waals surface area contributed by atoms with E-state index in [1.165, 1.54) is 7.11 Å². The molecule has 0 saturated carbocycles. The van der Waals surface area contributed by atoms with E-state index in [1.807, 2.05) is 24.3 Å². The molecule has 51 heavy (non-hydrogen) atoms. The number of rotatable bonds is 14. The zero-order chi connectivity index (χ0) is 38.8. The zero-order valence-electron chi connectivity index (χ0n) is 35.1.